The van der Waals surface area contributed by atoms with Crippen molar-refractivity contribution in [3.63, 3.8) is 0 Å². The molecule has 1 N–H and O–H groups in total. The fourth-order valence-corrected chi connectivity index (χ4v) is 4.13. The number of nitrogens with zero attached hydrogens (tertiary/aromatic N) is 2. The molecule has 6 nitrogen and oxygen atoms in total. The molecule has 10 heteroatoms. The van der Waals surface area contributed by atoms with Crippen molar-refractivity contribution in [3.05, 3.63) is 95.1 Å². The van der Waals surface area contributed by atoms with Crippen molar-refractivity contribution >= 4 is 32.5 Å². The molecule has 3 aromatic carbocycles. The first-order valence-electron chi connectivity index (χ1n) is 9.19. The Morgan fingerprint density at radius 3 is 2.50 bits per heavy atom. The summed E-state index contributed by atoms with van der Waals surface area (Å²) in [5.74, 6) is -4.52. The van der Waals surface area contributed by atoms with Gasteiger partial charge >= 0.3 is 0 Å². The molecular formula is C22H14F3N3O3S. The van der Waals surface area contributed by atoms with Gasteiger partial charge in [0.15, 0.2) is 17.4 Å². The van der Waals surface area contributed by atoms with Crippen LogP contribution in [0.15, 0.2) is 65.7 Å². The molecule has 0 bridgehead atoms. The van der Waals surface area contributed by atoms with Crippen LogP contribution in [-0.2, 0) is 10.0 Å². The molecule has 32 heavy (non-hydrogen) atoms. The monoisotopic (exact) mass is 457 g/mol. The van der Waals surface area contributed by atoms with Gasteiger partial charge in [-0.2, -0.15) is 0 Å². The summed E-state index contributed by atoms with van der Waals surface area (Å²) in [4.78, 5) is 20.9. The molecule has 162 valence electrons. The molecule has 0 aliphatic rings. The number of hydrogen-bond donors (Lipinski definition) is 1. The number of sulfonamides is 1. The minimum atomic E-state index is -4.31. The number of hydrogen-bond acceptors (Lipinski definition) is 5. The average molecular weight is 457 g/mol. The van der Waals surface area contributed by atoms with E-state index in [9.17, 15) is 26.4 Å². The summed E-state index contributed by atoms with van der Waals surface area (Å²) >= 11 is 0. The highest BCUT2D eigenvalue weighted by Gasteiger charge is 2.22. The predicted octanol–water partition coefficient (Wildman–Crippen LogP) is 4.39. The van der Waals surface area contributed by atoms with E-state index in [2.05, 4.69) is 9.97 Å². The predicted molar refractivity (Wildman–Crippen MR) is 111 cm³/mol. The number of ketones is 1. The number of nitrogens with one attached hydrogen (secondary N) is 1. The molecule has 4 aromatic rings. The minimum Gasteiger partial charge on any atom is -0.288 e. The Kier molecular flexibility index (Phi) is 5.39. The van der Waals surface area contributed by atoms with E-state index in [0.717, 1.165) is 24.3 Å². The molecule has 0 radical (unpaired) electrons. The molecule has 0 saturated heterocycles. The molecule has 0 spiro atoms. The first-order valence-corrected chi connectivity index (χ1v) is 10.7. The van der Waals surface area contributed by atoms with Gasteiger partial charge in [-0.1, -0.05) is 6.07 Å². The second-order valence-electron chi connectivity index (χ2n) is 6.93. The number of rotatable bonds is 5. The van der Waals surface area contributed by atoms with Crippen molar-refractivity contribution in [2.75, 3.05) is 4.72 Å². The largest absolute Gasteiger partial charge is 0.288 e. The molecule has 1 heterocycles. The molecule has 0 aliphatic heterocycles. The van der Waals surface area contributed by atoms with Gasteiger partial charge in [0.1, 0.15) is 5.82 Å². The van der Waals surface area contributed by atoms with Gasteiger partial charge in [-0.15, -0.1) is 0 Å². The standard InChI is InChI=1S/C22H14F3N3O3S/c1-12-11-26-19-6-5-13(7-20(19)27-12)22(29)17-9-15(10-18(24)21(17)25)28-32(30,31)16-4-2-3-14(23)8-16/h2-11,28H,1H3. The van der Waals surface area contributed by atoms with Crippen molar-refractivity contribution < 1.29 is 26.4 Å². The Morgan fingerprint density at radius 2 is 1.75 bits per heavy atom. The molecular weight excluding hydrogens is 443 g/mol. The number of carbonyl (C=O) groups is 1. The third kappa shape index (κ3) is 4.17. The third-order valence-corrected chi connectivity index (χ3v) is 5.94. The number of fused-ring (bicyclic) bond motifs is 1. The zero-order chi connectivity index (χ0) is 23.0. The van der Waals surface area contributed by atoms with E-state index in [-0.39, 0.29) is 5.56 Å². The number of benzene rings is 3. The molecule has 0 amide bonds. The molecule has 1 aromatic heterocycles. The summed E-state index contributed by atoms with van der Waals surface area (Å²) in [6, 6.07) is 9.91. The number of aryl methyl sites for hydroxylation is 1. The third-order valence-electron chi connectivity index (χ3n) is 4.56. The van der Waals surface area contributed by atoms with E-state index in [4.69, 9.17) is 0 Å². The maximum Gasteiger partial charge on any atom is 0.261 e. The molecule has 4 rings (SSSR count). The second-order valence-corrected chi connectivity index (χ2v) is 8.61. The van der Waals surface area contributed by atoms with Gasteiger partial charge in [0.2, 0.25) is 0 Å². The fourth-order valence-electron chi connectivity index (χ4n) is 3.06. The van der Waals surface area contributed by atoms with E-state index in [1.54, 1.807) is 13.1 Å². The minimum absolute atomic E-state index is 0.0147. The van der Waals surface area contributed by atoms with Gasteiger partial charge in [0, 0.05) is 17.8 Å². The summed E-state index contributed by atoms with van der Waals surface area (Å²) in [6.07, 6.45) is 1.55. The smallest absolute Gasteiger partial charge is 0.261 e. The quantitative estimate of drug-likeness (QED) is 0.449. The van der Waals surface area contributed by atoms with E-state index < -0.39 is 49.4 Å². The number of aromatic nitrogens is 2. The van der Waals surface area contributed by atoms with Crippen LogP contribution >= 0.6 is 0 Å². The Labute approximate surface area is 180 Å². The number of anilines is 1. The SMILES string of the molecule is Cc1cnc2ccc(C(=O)c3cc(NS(=O)(=O)c4cccc(F)c4)cc(F)c3F)cc2n1. The normalized spacial score (nSPS) is 11.5. The van der Waals surface area contributed by atoms with E-state index in [1.807, 2.05) is 4.72 Å². The maximum atomic E-state index is 14.5. The van der Waals surface area contributed by atoms with Crippen LogP contribution in [0.2, 0.25) is 0 Å². The van der Waals surface area contributed by atoms with Gasteiger partial charge in [-0.3, -0.25) is 14.5 Å². The van der Waals surface area contributed by atoms with Crippen LogP contribution in [0.25, 0.3) is 11.0 Å². The molecule has 0 fully saturated rings. The Bertz CT molecular complexity index is 1490. The first kappa shape index (κ1) is 21.4. The van der Waals surface area contributed by atoms with E-state index >= 15 is 0 Å². The fraction of sp³-hybridized carbons (Fsp3) is 0.0455. The van der Waals surface area contributed by atoms with Gasteiger partial charge in [0.25, 0.3) is 10.0 Å². The van der Waals surface area contributed by atoms with Crippen LogP contribution in [0, 0.1) is 24.4 Å². The lowest BCUT2D eigenvalue weighted by molar-refractivity contribution is 0.103. The lowest BCUT2D eigenvalue weighted by Crippen LogP contribution is -2.15. The van der Waals surface area contributed by atoms with Crippen LogP contribution in [0.4, 0.5) is 18.9 Å². The molecule has 0 unspecified atom stereocenters. The van der Waals surface area contributed by atoms with Crippen LogP contribution in [0.5, 0.6) is 0 Å². The Morgan fingerprint density at radius 1 is 0.969 bits per heavy atom. The first-order chi connectivity index (χ1) is 15.1. The van der Waals surface area contributed by atoms with Gasteiger partial charge < -0.3 is 0 Å². The second kappa shape index (κ2) is 8.04. The summed E-state index contributed by atoms with van der Waals surface area (Å²) in [5, 5.41) is 0. The van der Waals surface area contributed by atoms with Crippen molar-refractivity contribution in [1.82, 2.24) is 9.97 Å². The van der Waals surface area contributed by atoms with E-state index in [0.29, 0.717) is 22.8 Å². The van der Waals surface area contributed by atoms with Crippen LogP contribution in [-0.4, -0.2) is 24.2 Å². The zero-order valence-electron chi connectivity index (χ0n) is 16.4. The lowest BCUT2D eigenvalue weighted by atomic mass is 10.0. The summed E-state index contributed by atoms with van der Waals surface area (Å²) in [5.41, 5.74) is 0.443. The van der Waals surface area contributed by atoms with Crippen molar-refractivity contribution in [1.29, 1.82) is 0 Å². The van der Waals surface area contributed by atoms with Crippen LogP contribution < -0.4 is 4.72 Å². The highest BCUT2D eigenvalue weighted by molar-refractivity contribution is 7.92. The van der Waals surface area contributed by atoms with Gasteiger partial charge in [-0.05, 0) is 49.4 Å². The summed E-state index contributed by atoms with van der Waals surface area (Å²) in [6.45, 7) is 1.71. The molecule has 0 aliphatic carbocycles. The number of carbonyl (C=O) groups excluding carboxylic acids is 1. The van der Waals surface area contributed by atoms with Crippen LogP contribution in [0.3, 0.4) is 0 Å². The molecule has 0 atom stereocenters. The maximum absolute atomic E-state index is 14.5. The highest BCUT2D eigenvalue weighted by atomic mass is 32.2. The van der Waals surface area contributed by atoms with Crippen molar-refractivity contribution in [2.45, 2.75) is 11.8 Å². The Balaban J connectivity index is 1.73. The Hall–Kier alpha value is -3.79. The average Bonchev–Trinajstić information content (AvgIpc) is 2.75. The lowest BCUT2D eigenvalue weighted by Gasteiger charge is -2.11. The zero-order valence-corrected chi connectivity index (χ0v) is 17.3. The van der Waals surface area contributed by atoms with Crippen molar-refractivity contribution in [3.8, 4) is 0 Å². The van der Waals surface area contributed by atoms with Crippen LogP contribution in [0.1, 0.15) is 21.6 Å². The summed E-state index contributed by atoms with van der Waals surface area (Å²) < 4.78 is 69.1. The van der Waals surface area contributed by atoms with Gasteiger partial charge in [0.05, 0.1) is 32.9 Å². The van der Waals surface area contributed by atoms with Gasteiger partial charge in [-0.25, -0.2) is 26.6 Å². The van der Waals surface area contributed by atoms with E-state index in [1.165, 1.54) is 24.3 Å². The summed E-state index contributed by atoms with van der Waals surface area (Å²) in [7, 11) is -4.31. The number of halogens is 3. The molecule has 0 saturated carbocycles. The topological polar surface area (TPSA) is 89.0 Å². The van der Waals surface area contributed by atoms with Crippen molar-refractivity contribution in [2.24, 2.45) is 0 Å². The highest BCUT2D eigenvalue weighted by Crippen LogP contribution is 2.25.